The average Bonchev–Trinajstić information content (AvgIpc) is 2.97. The van der Waals surface area contributed by atoms with Crippen LogP contribution in [0.3, 0.4) is 0 Å². The van der Waals surface area contributed by atoms with Crippen LogP contribution in [-0.4, -0.2) is 34.9 Å². The quantitative estimate of drug-likeness (QED) is 0.699. The topological polar surface area (TPSA) is 47.4 Å². The lowest BCUT2D eigenvalue weighted by molar-refractivity contribution is -0.0756. The summed E-state index contributed by atoms with van der Waals surface area (Å²) < 4.78 is 14.6. The normalized spacial score (nSPS) is 10.9. The van der Waals surface area contributed by atoms with Crippen molar-refractivity contribution in [2.45, 2.75) is 0 Å². The van der Waals surface area contributed by atoms with E-state index in [4.69, 9.17) is 4.84 Å². The third kappa shape index (κ3) is 2.56. The molecule has 1 heterocycles. The summed E-state index contributed by atoms with van der Waals surface area (Å²) in [6.45, 7) is 0. The Morgan fingerprint density at radius 2 is 1.95 bits per heavy atom. The van der Waals surface area contributed by atoms with Crippen LogP contribution in [0.25, 0.3) is 16.6 Å². The Bertz CT molecular complexity index is 827. The van der Waals surface area contributed by atoms with Gasteiger partial charge in [0.15, 0.2) is 0 Å². The molecule has 0 atom stereocenters. The van der Waals surface area contributed by atoms with Gasteiger partial charge in [-0.2, -0.15) is 5.10 Å². The van der Waals surface area contributed by atoms with E-state index < -0.39 is 0 Å². The smallest absolute Gasteiger partial charge is 0.274 e. The second-order valence-corrected chi connectivity index (χ2v) is 4.81. The van der Waals surface area contributed by atoms with Gasteiger partial charge in [-0.15, -0.1) is 0 Å². The number of amides is 1. The van der Waals surface area contributed by atoms with Crippen LogP contribution in [-0.2, 0) is 4.84 Å². The van der Waals surface area contributed by atoms with Crippen molar-refractivity contribution in [3.05, 3.63) is 60.0 Å². The lowest BCUT2D eigenvalue weighted by atomic mass is 10.1. The molecule has 0 saturated heterocycles. The van der Waals surface area contributed by atoms with Crippen LogP contribution in [0.2, 0.25) is 0 Å². The van der Waals surface area contributed by atoms with E-state index in [1.807, 2.05) is 12.3 Å². The van der Waals surface area contributed by atoms with Crippen LogP contribution in [0.1, 0.15) is 10.4 Å². The van der Waals surface area contributed by atoms with Gasteiger partial charge in [-0.25, -0.2) is 14.1 Å². The van der Waals surface area contributed by atoms with Gasteiger partial charge in [0.25, 0.3) is 5.91 Å². The molecule has 22 heavy (non-hydrogen) atoms. The van der Waals surface area contributed by atoms with Crippen molar-refractivity contribution < 1.29 is 14.0 Å². The summed E-state index contributed by atoms with van der Waals surface area (Å²) in [6.07, 6.45) is 1.83. The predicted octanol–water partition coefficient (Wildman–Crippen LogP) is 2.80. The molecule has 0 spiro atoms. The van der Waals surface area contributed by atoms with E-state index >= 15 is 0 Å². The molecule has 1 aromatic heterocycles. The Hall–Kier alpha value is -2.73. The number of aromatic nitrogens is 2. The van der Waals surface area contributed by atoms with Gasteiger partial charge in [0, 0.05) is 24.2 Å². The molecular formula is C16H14FN3O2. The number of rotatable bonds is 3. The molecule has 3 rings (SSSR count). The number of halogens is 1. The summed E-state index contributed by atoms with van der Waals surface area (Å²) in [5.41, 5.74) is 1.92. The summed E-state index contributed by atoms with van der Waals surface area (Å²) in [5, 5.41) is 6.46. The van der Waals surface area contributed by atoms with E-state index in [1.54, 1.807) is 36.0 Å². The first-order chi connectivity index (χ1) is 10.6. The third-order valence-corrected chi connectivity index (χ3v) is 3.41. The van der Waals surface area contributed by atoms with Gasteiger partial charge in [-0.05, 0) is 36.4 Å². The fraction of sp³-hybridized carbons (Fsp3) is 0.125. The van der Waals surface area contributed by atoms with Crippen LogP contribution in [0.4, 0.5) is 4.39 Å². The van der Waals surface area contributed by atoms with Gasteiger partial charge in [0.2, 0.25) is 0 Å². The van der Waals surface area contributed by atoms with E-state index in [0.717, 1.165) is 16.1 Å². The Morgan fingerprint density at radius 3 is 2.64 bits per heavy atom. The Morgan fingerprint density at radius 1 is 1.23 bits per heavy atom. The summed E-state index contributed by atoms with van der Waals surface area (Å²) in [6, 6.07) is 11.3. The first-order valence-corrected chi connectivity index (χ1v) is 6.66. The molecule has 0 aliphatic heterocycles. The number of carbonyl (C=O) groups is 1. The van der Waals surface area contributed by atoms with E-state index in [1.165, 1.54) is 19.2 Å². The average molecular weight is 299 g/mol. The Kier molecular flexibility index (Phi) is 3.60. The highest BCUT2D eigenvalue weighted by atomic mass is 19.1. The van der Waals surface area contributed by atoms with E-state index in [-0.39, 0.29) is 11.7 Å². The Labute approximate surface area is 126 Å². The van der Waals surface area contributed by atoms with Gasteiger partial charge in [0.05, 0.1) is 18.3 Å². The number of nitrogens with zero attached hydrogens (tertiary/aromatic N) is 3. The summed E-state index contributed by atoms with van der Waals surface area (Å²) in [7, 11) is 2.98. The molecule has 2 aromatic carbocycles. The summed E-state index contributed by atoms with van der Waals surface area (Å²) >= 11 is 0. The van der Waals surface area contributed by atoms with Crippen LogP contribution in [0.15, 0.2) is 48.7 Å². The van der Waals surface area contributed by atoms with Gasteiger partial charge < -0.3 is 0 Å². The van der Waals surface area contributed by atoms with E-state index in [0.29, 0.717) is 11.1 Å². The maximum Gasteiger partial charge on any atom is 0.277 e. The van der Waals surface area contributed by atoms with Crippen LogP contribution in [0, 0.1) is 5.82 Å². The summed E-state index contributed by atoms with van der Waals surface area (Å²) in [5.74, 6) is -0.545. The molecule has 5 nitrogen and oxygen atoms in total. The predicted molar refractivity (Wildman–Crippen MR) is 80.1 cm³/mol. The van der Waals surface area contributed by atoms with Crippen molar-refractivity contribution >= 4 is 16.8 Å². The van der Waals surface area contributed by atoms with Gasteiger partial charge in [-0.3, -0.25) is 9.63 Å². The highest BCUT2D eigenvalue weighted by Gasteiger charge is 2.13. The van der Waals surface area contributed by atoms with E-state index in [9.17, 15) is 9.18 Å². The standard InChI is InChI=1S/C16H14FN3O2/c1-19(22-2)16(21)11-3-4-12-10-20(18-15(12)9-11)14-7-5-13(17)6-8-14/h3-10H,1-2H3. The second kappa shape index (κ2) is 5.57. The van der Waals surface area contributed by atoms with Crippen molar-refractivity contribution in [3.8, 4) is 5.69 Å². The summed E-state index contributed by atoms with van der Waals surface area (Å²) in [4.78, 5) is 16.9. The molecule has 0 aliphatic carbocycles. The van der Waals surface area contributed by atoms with Crippen LogP contribution < -0.4 is 0 Å². The van der Waals surface area contributed by atoms with Gasteiger partial charge in [0.1, 0.15) is 5.82 Å². The molecule has 0 N–H and O–H groups in total. The zero-order valence-corrected chi connectivity index (χ0v) is 12.2. The molecule has 0 unspecified atom stereocenters. The first kappa shape index (κ1) is 14.2. The number of fused-ring (bicyclic) bond motifs is 1. The van der Waals surface area contributed by atoms with Gasteiger partial charge in [-0.1, -0.05) is 6.07 Å². The SMILES string of the molecule is CON(C)C(=O)c1ccc2cn(-c3ccc(F)cc3)nc2c1. The largest absolute Gasteiger partial charge is 0.277 e. The van der Waals surface area contributed by atoms with Crippen LogP contribution >= 0.6 is 0 Å². The number of carbonyl (C=O) groups excluding carboxylic acids is 1. The van der Waals surface area contributed by atoms with Gasteiger partial charge >= 0.3 is 0 Å². The fourth-order valence-corrected chi connectivity index (χ4v) is 2.14. The van der Waals surface area contributed by atoms with Crippen molar-refractivity contribution in [1.29, 1.82) is 0 Å². The molecule has 0 fully saturated rings. The lowest BCUT2D eigenvalue weighted by Crippen LogP contribution is -2.25. The molecule has 0 aliphatic rings. The van der Waals surface area contributed by atoms with Crippen LogP contribution in [0.5, 0.6) is 0 Å². The third-order valence-electron chi connectivity index (χ3n) is 3.41. The fourth-order valence-electron chi connectivity index (χ4n) is 2.14. The molecular weight excluding hydrogens is 285 g/mol. The van der Waals surface area contributed by atoms with Crippen molar-refractivity contribution in [2.75, 3.05) is 14.2 Å². The maximum absolute atomic E-state index is 13.0. The number of hydroxylamine groups is 2. The molecule has 1 amide bonds. The van der Waals surface area contributed by atoms with Crippen molar-refractivity contribution in [2.24, 2.45) is 0 Å². The first-order valence-electron chi connectivity index (χ1n) is 6.66. The van der Waals surface area contributed by atoms with Crippen molar-refractivity contribution in [3.63, 3.8) is 0 Å². The zero-order valence-electron chi connectivity index (χ0n) is 12.2. The molecule has 112 valence electrons. The highest BCUT2D eigenvalue weighted by Crippen LogP contribution is 2.18. The molecule has 6 heteroatoms. The molecule has 0 saturated carbocycles. The minimum atomic E-state index is -0.295. The van der Waals surface area contributed by atoms with E-state index in [2.05, 4.69) is 5.10 Å². The number of benzene rings is 2. The molecule has 0 bridgehead atoms. The highest BCUT2D eigenvalue weighted by molar-refractivity contribution is 5.97. The maximum atomic E-state index is 13.0. The zero-order chi connectivity index (χ0) is 15.7. The minimum absolute atomic E-state index is 0.249. The Balaban J connectivity index is 2.00. The van der Waals surface area contributed by atoms with Crippen molar-refractivity contribution in [1.82, 2.24) is 14.8 Å². The number of hydrogen-bond donors (Lipinski definition) is 0. The second-order valence-electron chi connectivity index (χ2n) is 4.81. The molecule has 3 aromatic rings. The monoisotopic (exact) mass is 299 g/mol. The molecule has 0 radical (unpaired) electrons. The lowest BCUT2D eigenvalue weighted by Gasteiger charge is -2.13. The minimum Gasteiger partial charge on any atom is -0.274 e. The number of hydrogen-bond acceptors (Lipinski definition) is 3.